The number of hydrogen-bond donors (Lipinski definition) is 4. The molecule has 6 unspecified atom stereocenters. The Kier molecular flexibility index (Phi) is 31.4. The summed E-state index contributed by atoms with van der Waals surface area (Å²) in [5, 5.41) is 40.0. The van der Waals surface area contributed by atoms with Crippen LogP contribution in [0.5, 0.6) is 0 Å². The Morgan fingerprint density at radius 1 is 0.647 bits per heavy atom. The predicted octanol–water partition coefficient (Wildman–Crippen LogP) is 8.19. The van der Waals surface area contributed by atoms with Gasteiger partial charge in [0, 0.05) is 13.0 Å². The van der Waals surface area contributed by atoms with Gasteiger partial charge in [-0.15, -0.1) is 0 Å². The molecular weight excluding hydrogens is 648 g/mol. The fraction of sp³-hybridized carbons (Fsp3) is 0.786. The van der Waals surface area contributed by atoms with E-state index in [2.05, 4.69) is 62.5 Å². The van der Waals surface area contributed by atoms with Crippen molar-refractivity contribution in [2.24, 2.45) is 0 Å². The van der Waals surface area contributed by atoms with E-state index in [0.29, 0.717) is 13.0 Å². The van der Waals surface area contributed by atoms with Crippen LogP contribution in [0.4, 0.5) is 0 Å². The summed E-state index contributed by atoms with van der Waals surface area (Å²) in [6.45, 7) is 4.35. The first-order valence-corrected chi connectivity index (χ1v) is 20.2. The van der Waals surface area contributed by atoms with Crippen LogP contribution in [0.2, 0.25) is 0 Å². The van der Waals surface area contributed by atoms with Gasteiger partial charge in [-0.3, -0.25) is 4.79 Å². The van der Waals surface area contributed by atoms with E-state index in [0.717, 1.165) is 83.5 Å². The zero-order valence-electron chi connectivity index (χ0n) is 32.1. The highest BCUT2D eigenvalue weighted by Gasteiger charge is 2.44. The van der Waals surface area contributed by atoms with Gasteiger partial charge in [-0.05, 0) is 64.2 Å². The second kappa shape index (κ2) is 34.0. The minimum absolute atomic E-state index is 0.121. The molecule has 9 heteroatoms. The maximum atomic E-state index is 12.7. The first kappa shape index (κ1) is 47.2. The minimum atomic E-state index is -1.54. The Morgan fingerprint density at radius 2 is 1.20 bits per heavy atom. The molecule has 6 atom stereocenters. The number of rotatable bonds is 33. The fourth-order valence-electron chi connectivity index (χ4n) is 5.80. The average Bonchev–Trinajstić information content (AvgIpc) is 3.13. The van der Waals surface area contributed by atoms with Gasteiger partial charge in [0.15, 0.2) is 6.29 Å². The van der Waals surface area contributed by atoms with E-state index in [-0.39, 0.29) is 19.2 Å². The van der Waals surface area contributed by atoms with Crippen LogP contribution in [0.15, 0.2) is 48.6 Å². The van der Waals surface area contributed by atoms with Crippen LogP contribution in [-0.4, -0.2) is 89.6 Å². The number of esters is 1. The third-order valence-corrected chi connectivity index (χ3v) is 8.96. The van der Waals surface area contributed by atoms with Gasteiger partial charge in [0.05, 0.1) is 19.8 Å². The van der Waals surface area contributed by atoms with E-state index >= 15 is 0 Å². The molecule has 51 heavy (non-hydrogen) atoms. The first-order valence-electron chi connectivity index (χ1n) is 20.2. The maximum Gasteiger partial charge on any atom is 0.306 e. The largest absolute Gasteiger partial charge is 0.457 e. The van der Waals surface area contributed by atoms with Crippen molar-refractivity contribution in [3.05, 3.63) is 48.6 Å². The summed E-state index contributed by atoms with van der Waals surface area (Å²) in [6.07, 6.45) is 32.8. The molecule has 0 radical (unpaired) electrons. The lowest BCUT2D eigenvalue weighted by molar-refractivity contribution is -0.305. The molecule has 4 N–H and O–H groups in total. The number of carbonyl (C=O) groups excluding carboxylic acids is 1. The van der Waals surface area contributed by atoms with Crippen molar-refractivity contribution in [2.75, 3.05) is 26.4 Å². The summed E-state index contributed by atoms with van der Waals surface area (Å²) in [7, 11) is 0. The SMILES string of the molecule is CC/C=C\C/C=C\C/C=C\CCCCCCCCCC(=O)OC(COCCCCCCCC/C=C\CCC)COC1OC(CO)C(O)C(O)C1O. The summed E-state index contributed by atoms with van der Waals surface area (Å²) >= 11 is 0. The molecule has 0 saturated carbocycles. The van der Waals surface area contributed by atoms with Crippen molar-refractivity contribution in [1.29, 1.82) is 0 Å². The van der Waals surface area contributed by atoms with Crippen LogP contribution < -0.4 is 0 Å². The summed E-state index contributed by atoms with van der Waals surface area (Å²) < 4.78 is 22.7. The Labute approximate surface area is 310 Å². The number of carbonyl (C=O) groups is 1. The first-order chi connectivity index (χ1) is 24.9. The normalized spacial score (nSPS) is 21.9. The van der Waals surface area contributed by atoms with Crippen LogP contribution in [0.25, 0.3) is 0 Å². The molecule has 1 rings (SSSR count). The minimum Gasteiger partial charge on any atom is -0.457 e. The summed E-state index contributed by atoms with van der Waals surface area (Å²) in [4.78, 5) is 12.7. The molecule has 1 saturated heterocycles. The lowest BCUT2D eigenvalue weighted by Crippen LogP contribution is -2.59. The monoisotopic (exact) mass is 723 g/mol. The third kappa shape index (κ3) is 25.7. The standard InChI is InChI=1S/C42H74O9/c1-3-5-7-9-11-13-15-16-17-18-19-20-21-23-25-27-29-31-38(44)50-36(35-49-42-41(47)40(46)39(45)37(33-43)51-42)34-48-32-30-28-26-24-22-14-12-10-8-6-4-2/h5,7-8,10-11,13,16-17,36-37,39-43,45-47H,3-4,6,9,12,14-15,18-35H2,1-2H3/b7-5-,10-8-,13-11-,17-16-. The van der Waals surface area contributed by atoms with Gasteiger partial charge < -0.3 is 39.4 Å². The lowest BCUT2D eigenvalue weighted by Gasteiger charge is -2.39. The summed E-state index contributed by atoms with van der Waals surface area (Å²) in [5.74, 6) is -0.329. The van der Waals surface area contributed by atoms with Gasteiger partial charge in [-0.2, -0.15) is 0 Å². The van der Waals surface area contributed by atoms with E-state index < -0.39 is 43.4 Å². The molecule has 0 spiro atoms. The van der Waals surface area contributed by atoms with E-state index in [4.69, 9.17) is 18.9 Å². The van der Waals surface area contributed by atoms with Crippen LogP contribution >= 0.6 is 0 Å². The molecule has 1 aliphatic rings. The van der Waals surface area contributed by atoms with E-state index in [1.54, 1.807) is 0 Å². The van der Waals surface area contributed by atoms with Crippen LogP contribution in [0.3, 0.4) is 0 Å². The number of aliphatic hydroxyl groups excluding tert-OH is 4. The number of aliphatic hydroxyl groups is 4. The zero-order chi connectivity index (χ0) is 37.2. The van der Waals surface area contributed by atoms with Gasteiger partial charge in [0.25, 0.3) is 0 Å². The van der Waals surface area contributed by atoms with Crippen molar-refractivity contribution in [2.45, 2.75) is 185 Å². The molecule has 296 valence electrons. The molecule has 0 bridgehead atoms. The topological polar surface area (TPSA) is 135 Å². The van der Waals surface area contributed by atoms with Crippen molar-refractivity contribution in [1.82, 2.24) is 0 Å². The molecule has 0 amide bonds. The van der Waals surface area contributed by atoms with E-state index in [9.17, 15) is 25.2 Å². The lowest BCUT2D eigenvalue weighted by atomic mass is 9.99. The Morgan fingerprint density at radius 3 is 1.82 bits per heavy atom. The van der Waals surface area contributed by atoms with E-state index in [1.165, 1.54) is 44.9 Å². The van der Waals surface area contributed by atoms with E-state index in [1.807, 2.05) is 0 Å². The second-order valence-corrected chi connectivity index (χ2v) is 13.7. The predicted molar refractivity (Wildman–Crippen MR) is 205 cm³/mol. The van der Waals surface area contributed by atoms with Gasteiger partial charge >= 0.3 is 5.97 Å². The Balaban J connectivity index is 2.31. The molecule has 0 aromatic heterocycles. The van der Waals surface area contributed by atoms with Gasteiger partial charge in [-0.1, -0.05) is 127 Å². The summed E-state index contributed by atoms with van der Waals surface area (Å²) in [6, 6.07) is 0. The maximum absolute atomic E-state index is 12.7. The molecule has 1 fully saturated rings. The number of unbranched alkanes of at least 4 members (excludes halogenated alkanes) is 14. The number of allylic oxidation sites excluding steroid dienone is 8. The average molecular weight is 723 g/mol. The Bertz CT molecular complexity index is 916. The van der Waals surface area contributed by atoms with Crippen LogP contribution in [0.1, 0.15) is 149 Å². The number of hydrogen-bond acceptors (Lipinski definition) is 9. The fourth-order valence-corrected chi connectivity index (χ4v) is 5.80. The smallest absolute Gasteiger partial charge is 0.306 e. The zero-order valence-corrected chi connectivity index (χ0v) is 32.1. The van der Waals surface area contributed by atoms with Gasteiger partial charge in [0.1, 0.15) is 30.5 Å². The van der Waals surface area contributed by atoms with Crippen LogP contribution in [-0.2, 0) is 23.7 Å². The molecule has 9 nitrogen and oxygen atoms in total. The highest BCUT2D eigenvalue weighted by Crippen LogP contribution is 2.22. The van der Waals surface area contributed by atoms with Crippen molar-refractivity contribution >= 4 is 5.97 Å². The Hall–Kier alpha value is -1.85. The van der Waals surface area contributed by atoms with Crippen molar-refractivity contribution in [3.63, 3.8) is 0 Å². The van der Waals surface area contributed by atoms with Gasteiger partial charge in [-0.25, -0.2) is 0 Å². The molecule has 1 aliphatic heterocycles. The van der Waals surface area contributed by atoms with Crippen molar-refractivity contribution < 1.29 is 44.2 Å². The number of ether oxygens (including phenoxy) is 4. The summed E-state index contributed by atoms with van der Waals surface area (Å²) in [5.41, 5.74) is 0. The van der Waals surface area contributed by atoms with Crippen LogP contribution in [0, 0.1) is 0 Å². The molecule has 0 aliphatic carbocycles. The quantitative estimate of drug-likeness (QED) is 0.0301. The molecule has 1 heterocycles. The van der Waals surface area contributed by atoms with Crippen molar-refractivity contribution in [3.8, 4) is 0 Å². The highest BCUT2D eigenvalue weighted by atomic mass is 16.7. The molecule has 0 aromatic carbocycles. The third-order valence-electron chi connectivity index (χ3n) is 8.96. The highest BCUT2D eigenvalue weighted by molar-refractivity contribution is 5.69. The van der Waals surface area contributed by atoms with Gasteiger partial charge in [0.2, 0.25) is 0 Å². The second-order valence-electron chi connectivity index (χ2n) is 13.7. The molecule has 0 aromatic rings. The molecular formula is C42H74O9.